The third-order valence-electron chi connectivity index (χ3n) is 6.43. The Hall–Kier alpha value is -3.88. The van der Waals surface area contributed by atoms with Crippen molar-refractivity contribution in [1.29, 1.82) is 0 Å². The van der Waals surface area contributed by atoms with Crippen LogP contribution < -0.4 is 0 Å². The van der Waals surface area contributed by atoms with E-state index in [1.807, 2.05) is 11.3 Å². The van der Waals surface area contributed by atoms with Gasteiger partial charge in [-0.15, -0.1) is 11.3 Å². The van der Waals surface area contributed by atoms with Gasteiger partial charge in [0.25, 0.3) is 0 Å². The molecule has 7 aromatic rings. The van der Waals surface area contributed by atoms with Gasteiger partial charge >= 0.3 is 0 Å². The third-order valence-corrected chi connectivity index (χ3v) is 7.65. The summed E-state index contributed by atoms with van der Waals surface area (Å²) in [5.41, 5.74) is 7.41. The summed E-state index contributed by atoms with van der Waals surface area (Å²) >= 11 is 1.88. The SMILES string of the molecule is c1cc(-c2cccc3c2[nH]c2ccccc23)cc(-c2cccc3c2sc2ccccc23)c1. The van der Waals surface area contributed by atoms with E-state index >= 15 is 0 Å². The molecule has 2 aromatic heterocycles. The first-order chi connectivity index (χ1) is 15.9. The molecule has 32 heavy (non-hydrogen) atoms. The summed E-state index contributed by atoms with van der Waals surface area (Å²) in [6.45, 7) is 0. The minimum atomic E-state index is 1.18. The molecule has 150 valence electrons. The van der Waals surface area contributed by atoms with Crippen molar-refractivity contribution >= 4 is 53.3 Å². The fourth-order valence-electron chi connectivity index (χ4n) is 4.94. The third kappa shape index (κ3) is 2.57. The molecule has 0 aliphatic rings. The summed E-state index contributed by atoms with van der Waals surface area (Å²) in [6, 6.07) is 39.5. The zero-order valence-corrected chi connectivity index (χ0v) is 18.1. The van der Waals surface area contributed by atoms with Crippen LogP contribution in [-0.4, -0.2) is 4.98 Å². The number of benzene rings is 5. The van der Waals surface area contributed by atoms with E-state index in [4.69, 9.17) is 0 Å². The van der Waals surface area contributed by atoms with Gasteiger partial charge in [-0.05, 0) is 34.9 Å². The Morgan fingerprint density at radius 2 is 1.16 bits per heavy atom. The van der Waals surface area contributed by atoms with Gasteiger partial charge in [0.15, 0.2) is 0 Å². The highest BCUT2D eigenvalue weighted by Gasteiger charge is 2.13. The molecule has 1 N–H and O–H groups in total. The zero-order valence-electron chi connectivity index (χ0n) is 17.3. The molecular formula is C30H19NS. The van der Waals surface area contributed by atoms with Gasteiger partial charge in [0, 0.05) is 42.0 Å². The van der Waals surface area contributed by atoms with Crippen molar-refractivity contribution in [2.75, 3.05) is 0 Å². The predicted molar refractivity (Wildman–Crippen MR) is 140 cm³/mol. The fraction of sp³-hybridized carbons (Fsp3) is 0. The van der Waals surface area contributed by atoms with Gasteiger partial charge in [-0.3, -0.25) is 0 Å². The van der Waals surface area contributed by atoms with Crippen molar-refractivity contribution in [3.8, 4) is 22.3 Å². The van der Waals surface area contributed by atoms with Crippen molar-refractivity contribution in [2.24, 2.45) is 0 Å². The van der Waals surface area contributed by atoms with E-state index in [1.165, 1.54) is 64.2 Å². The normalized spacial score (nSPS) is 11.8. The molecule has 2 heteroatoms. The molecule has 0 saturated heterocycles. The second kappa shape index (κ2) is 6.81. The Balaban J connectivity index is 1.45. The van der Waals surface area contributed by atoms with Crippen LogP contribution in [0.25, 0.3) is 64.2 Å². The highest BCUT2D eigenvalue weighted by atomic mass is 32.1. The molecule has 0 aliphatic carbocycles. The molecule has 0 saturated carbocycles. The Bertz CT molecular complexity index is 1650. The summed E-state index contributed by atoms with van der Waals surface area (Å²) in [6.07, 6.45) is 0. The predicted octanol–water partition coefficient (Wildman–Crippen LogP) is 9.02. The summed E-state index contributed by atoms with van der Waals surface area (Å²) in [7, 11) is 0. The molecule has 1 nitrogen and oxygen atoms in total. The van der Waals surface area contributed by atoms with E-state index in [0.717, 1.165) is 0 Å². The smallest absolute Gasteiger partial charge is 0.0544 e. The van der Waals surface area contributed by atoms with Crippen molar-refractivity contribution in [3.05, 3.63) is 109 Å². The van der Waals surface area contributed by atoms with Gasteiger partial charge in [0.1, 0.15) is 0 Å². The number of hydrogen-bond acceptors (Lipinski definition) is 1. The number of para-hydroxylation sites is 2. The first-order valence-corrected chi connectivity index (χ1v) is 11.7. The number of hydrogen-bond donors (Lipinski definition) is 1. The monoisotopic (exact) mass is 425 g/mol. The summed E-state index contributed by atoms with van der Waals surface area (Å²) in [5, 5.41) is 5.23. The number of thiophene rings is 1. The van der Waals surface area contributed by atoms with Gasteiger partial charge in [0.05, 0.1) is 5.52 Å². The van der Waals surface area contributed by atoms with Gasteiger partial charge in [-0.25, -0.2) is 0 Å². The van der Waals surface area contributed by atoms with Crippen LogP contribution in [0.2, 0.25) is 0 Å². The van der Waals surface area contributed by atoms with Crippen molar-refractivity contribution < 1.29 is 0 Å². The number of nitrogens with one attached hydrogen (secondary N) is 1. The minimum absolute atomic E-state index is 1.18. The van der Waals surface area contributed by atoms with Crippen LogP contribution in [0.1, 0.15) is 0 Å². The van der Waals surface area contributed by atoms with Crippen LogP contribution in [0, 0.1) is 0 Å². The maximum atomic E-state index is 3.65. The molecule has 0 radical (unpaired) electrons. The van der Waals surface area contributed by atoms with E-state index in [1.54, 1.807) is 0 Å². The lowest BCUT2D eigenvalue weighted by atomic mass is 9.96. The average Bonchev–Trinajstić information content (AvgIpc) is 3.42. The minimum Gasteiger partial charge on any atom is -0.354 e. The first kappa shape index (κ1) is 17.8. The summed E-state index contributed by atoms with van der Waals surface area (Å²) in [4.78, 5) is 3.65. The molecular weight excluding hydrogens is 406 g/mol. The summed E-state index contributed by atoms with van der Waals surface area (Å²) in [5.74, 6) is 0. The number of aromatic nitrogens is 1. The number of rotatable bonds is 2. The quantitative estimate of drug-likeness (QED) is 0.284. The molecule has 0 bridgehead atoms. The maximum Gasteiger partial charge on any atom is 0.0544 e. The lowest BCUT2D eigenvalue weighted by Gasteiger charge is -2.08. The van der Waals surface area contributed by atoms with Crippen molar-refractivity contribution in [3.63, 3.8) is 0 Å². The number of aromatic amines is 1. The highest BCUT2D eigenvalue weighted by molar-refractivity contribution is 7.26. The molecule has 0 fully saturated rings. The molecule has 0 amide bonds. The second-order valence-corrected chi connectivity index (χ2v) is 9.31. The van der Waals surface area contributed by atoms with Crippen molar-refractivity contribution in [2.45, 2.75) is 0 Å². The van der Waals surface area contributed by atoms with E-state index in [9.17, 15) is 0 Å². The van der Waals surface area contributed by atoms with Crippen LogP contribution >= 0.6 is 11.3 Å². The topological polar surface area (TPSA) is 15.8 Å². The Morgan fingerprint density at radius 3 is 2.06 bits per heavy atom. The Morgan fingerprint density at radius 1 is 0.500 bits per heavy atom. The molecule has 0 spiro atoms. The molecule has 0 atom stereocenters. The van der Waals surface area contributed by atoms with Gasteiger partial charge < -0.3 is 4.98 Å². The van der Waals surface area contributed by atoms with E-state index in [0.29, 0.717) is 0 Å². The Labute approximate surface area is 189 Å². The van der Waals surface area contributed by atoms with Crippen LogP contribution in [-0.2, 0) is 0 Å². The van der Waals surface area contributed by atoms with Crippen LogP contribution in [0.4, 0.5) is 0 Å². The van der Waals surface area contributed by atoms with Crippen LogP contribution in [0.3, 0.4) is 0 Å². The number of H-pyrrole nitrogens is 1. The molecule has 0 aliphatic heterocycles. The highest BCUT2D eigenvalue weighted by Crippen LogP contribution is 2.41. The molecule has 0 unspecified atom stereocenters. The molecule has 7 rings (SSSR count). The maximum absolute atomic E-state index is 3.65. The van der Waals surface area contributed by atoms with Crippen molar-refractivity contribution in [1.82, 2.24) is 4.98 Å². The molecule has 5 aromatic carbocycles. The standard InChI is InChI=1S/C30H19NS/c1-3-16-27-23(10-1)25-14-6-12-21(29(25)31-27)19-8-5-9-20(18-19)22-13-7-15-26-24-11-2-4-17-28(24)32-30(22)26/h1-18,31H. The number of fused-ring (bicyclic) bond motifs is 6. The summed E-state index contributed by atoms with van der Waals surface area (Å²) < 4.78 is 2.70. The van der Waals surface area contributed by atoms with Crippen LogP contribution in [0.5, 0.6) is 0 Å². The van der Waals surface area contributed by atoms with Gasteiger partial charge in [-0.1, -0.05) is 91.0 Å². The van der Waals surface area contributed by atoms with Gasteiger partial charge in [0.2, 0.25) is 0 Å². The second-order valence-electron chi connectivity index (χ2n) is 8.26. The molecule has 2 heterocycles. The van der Waals surface area contributed by atoms with E-state index in [-0.39, 0.29) is 0 Å². The van der Waals surface area contributed by atoms with E-state index < -0.39 is 0 Å². The van der Waals surface area contributed by atoms with Crippen LogP contribution in [0.15, 0.2) is 109 Å². The average molecular weight is 426 g/mol. The largest absolute Gasteiger partial charge is 0.354 e. The lowest BCUT2D eigenvalue weighted by Crippen LogP contribution is -1.83. The first-order valence-electron chi connectivity index (χ1n) is 10.9. The van der Waals surface area contributed by atoms with Gasteiger partial charge in [-0.2, -0.15) is 0 Å². The fourth-order valence-corrected chi connectivity index (χ4v) is 6.18. The lowest BCUT2D eigenvalue weighted by molar-refractivity contribution is 1.53. The Kier molecular flexibility index (Phi) is 3.78. The van der Waals surface area contributed by atoms with E-state index in [2.05, 4.69) is 114 Å². The zero-order chi connectivity index (χ0) is 21.1.